The number of rotatable bonds is 6. The zero-order valence-electron chi connectivity index (χ0n) is 10.5. The van der Waals surface area contributed by atoms with Crippen LogP contribution >= 0.6 is 0 Å². The Bertz CT molecular complexity index is 349. The largest absolute Gasteiger partial charge is 0.395 e. The van der Waals surface area contributed by atoms with Crippen molar-refractivity contribution >= 4 is 5.69 Å². The Morgan fingerprint density at radius 3 is 2.65 bits per heavy atom. The highest BCUT2D eigenvalue weighted by Gasteiger charge is 2.13. The summed E-state index contributed by atoms with van der Waals surface area (Å²) in [6.07, 6.45) is 0.968. The number of nitrogens with two attached hydrogens (primary N) is 1. The summed E-state index contributed by atoms with van der Waals surface area (Å²) < 4.78 is 13.2. The second kappa shape index (κ2) is 6.57. The fourth-order valence-corrected chi connectivity index (χ4v) is 1.92. The summed E-state index contributed by atoms with van der Waals surface area (Å²) in [4.78, 5) is 2.04. The molecule has 96 valence electrons. The minimum atomic E-state index is -0.276. The van der Waals surface area contributed by atoms with Gasteiger partial charge in [0.2, 0.25) is 0 Å². The van der Waals surface area contributed by atoms with Gasteiger partial charge >= 0.3 is 0 Å². The van der Waals surface area contributed by atoms with E-state index in [1.165, 1.54) is 12.1 Å². The summed E-state index contributed by atoms with van der Waals surface area (Å²) in [6, 6.07) is 4.42. The standard InChI is InChI=1S/C13H21FN2O/c1-3-6-16(7-8-17)13-5-4-11(14)9-12(13)10(2)15/h4-5,9-10,17H,3,6-8,15H2,1-2H3. The fourth-order valence-electron chi connectivity index (χ4n) is 1.92. The molecule has 3 N–H and O–H groups in total. The fraction of sp³-hybridized carbons (Fsp3) is 0.538. The number of aliphatic hydroxyl groups is 1. The maximum Gasteiger partial charge on any atom is 0.123 e. The number of hydrogen-bond acceptors (Lipinski definition) is 3. The van der Waals surface area contributed by atoms with Crippen LogP contribution in [0.2, 0.25) is 0 Å². The topological polar surface area (TPSA) is 49.5 Å². The third-order valence-electron chi connectivity index (χ3n) is 2.68. The smallest absolute Gasteiger partial charge is 0.123 e. The maximum atomic E-state index is 13.2. The summed E-state index contributed by atoms with van der Waals surface area (Å²) in [5, 5.41) is 9.06. The Morgan fingerprint density at radius 2 is 2.12 bits per heavy atom. The minimum Gasteiger partial charge on any atom is -0.395 e. The number of aliphatic hydroxyl groups excluding tert-OH is 1. The van der Waals surface area contributed by atoms with Crippen LogP contribution in [0.5, 0.6) is 0 Å². The van der Waals surface area contributed by atoms with Gasteiger partial charge in [-0.3, -0.25) is 0 Å². The minimum absolute atomic E-state index is 0.0791. The molecule has 0 spiro atoms. The van der Waals surface area contributed by atoms with Crippen molar-refractivity contribution in [3.63, 3.8) is 0 Å². The zero-order chi connectivity index (χ0) is 12.8. The first-order valence-corrected chi connectivity index (χ1v) is 6.01. The number of halogens is 1. The van der Waals surface area contributed by atoms with Crippen LogP contribution in [-0.4, -0.2) is 24.8 Å². The maximum absolute atomic E-state index is 13.2. The van der Waals surface area contributed by atoms with Gasteiger partial charge in [0, 0.05) is 24.8 Å². The van der Waals surface area contributed by atoms with Crippen molar-refractivity contribution in [1.82, 2.24) is 0 Å². The van der Waals surface area contributed by atoms with Crippen LogP contribution in [0.1, 0.15) is 31.9 Å². The summed E-state index contributed by atoms with van der Waals surface area (Å²) in [5.41, 5.74) is 7.56. The SMILES string of the molecule is CCCN(CCO)c1ccc(F)cc1C(C)N. The summed E-state index contributed by atoms with van der Waals surface area (Å²) in [7, 11) is 0. The Labute approximate surface area is 102 Å². The molecule has 0 aliphatic heterocycles. The average molecular weight is 240 g/mol. The van der Waals surface area contributed by atoms with E-state index in [4.69, 9.17) is 10.8 Å². The quantitative estimate of drug-likeness (QED) is 0.800. The van der Waals surface area contributed by atoms with Crippen LogP contribution in [0.25, 0.3) is 0 Å². The van der Waals surface area contributed by atoms with Crippen molar-refractivity contribution in [2.24, 2.45) is 5.73 Å². The van der Waals surface area contributed by atoms with Crippen LogP contribution in [0.4, 0.5) is 10.1 Å². The van der Waals surface area contributed by atoms with Gasteiger partial charge < -0.3 is 15.7 Å². The summed E-state index contributed by atoms with van der Waals surface area (Å²) in [6.45, 7) is 5.35. The Balaban J connectivity index is 3.07. The van der Waals surface area contributed by atoms with Crippen LogP contribution < -0.4 is 10.6 Å². The molecule has 0 fully saturated rings. The molecule has 1 aromatic carbocycles. The first-order valence-electron chi connectivity index (χ1n) is 6.01. The summed E-state index contributed by atoms with van der Waals surface area (Å²) in [5.74, 6) is -0.276. The van der Waals surface area contributed by atoms with Crippen molar-refractivity contribution in [1.29, 1.82) is 0 Å². The van der Waals surface area contributed by atoms with Crippen LogP contribution in [0.15, 0.2) is 18.2 Å². The Morgan fingerprint density at radius 1 is 1.41 bits per heavy atom. The van der Waals surface area contributed by atoms with E-state index in [2.05, 4.69) is 6.92 Å². The lowest BCUT2D eigenvalue weighted by molar-refractivity contribution is 0.301. The van der Waals surface area contributed by atoms with Crippen molar-refractivity contribution < 1.29 is 9.50 Å². The predicted molar refractivity (Wildman–Crippen MR) is 68.6 cm³/mol. The van der Waals surface area contributed by atoms with Crippen molar-refractivity contribution in [2.45, 2.75) is 26.3 Å². The molecular formula is C13H21FN2O. The van der Waals surface area contributed by atoms with Gasteiger partial charge in [-0.15, -0.1) is 0 Å². The molecule has 0 bridgehead atoms. The Kier molecular flexibility index (Phi) is 5.38. The molecule has 0 saturated heterocycles. The van der Waals surface area contributed by atoms with Crippen molar-refractivity contribution in [2.75, 3.05) is 24.6 Å². The molecule has 0 saturated carbocycles. The third-order valence-corrected chi connectivity index (χ3v) is 2.68. The summed E-state index contributed by atoms with van der Waals surface area (Å²) >= 11 is 0. The van der Waals surface area contributed by atoms with Gasteiger partial charge in [-0.1, -0.05) is 6.92 Å². The second-order valence-corrected chi connectivity index (χ2v) is 4.20. The molecular weight excluding hydrogens is 219 g/mol. The Hall–Kier alpha value is -1.13. The monoisotopic (exact) mass is 240 g/mol. The predicted octanol–water partition coefficient (Wildman–Crippen LogP) is 2.05. The molecule has 0 aliphatic carbocycles. The normalized spacial score (nSPS) is 12.5. The van der Waals surface area contributed by atoms with E-state index in [-0.39, 0.29) is 18.5 Å². The van der Waals surface area contributed by atoms with Gasteiger partial charge in [0.05, 0.1) is 6.61 Å². The molecule has 3 nitrogen and oxygen atoms in total. The molecule has 0 radical (unpaired) electrons. The van der Waals surface area contributed by atoms with Crippen LogP contribution in [-0.2, 0) is 0 Å². The van der Waals surface area contributed by atoms with Crippen molar-refractivity contribution in [3.8, 4) is 0 Å². The molecule has 1 atom stereocenters. The average Bonchev–Trinajstić information content (AvgIpc) is 2.28. The molecule has 0 aromatic heterocycles. The lowest BCUT2D eigenvalue weighted by Crippen LogP contribution is -2.29. The molecule has 4 heteroatoms. The zero-order valence-corrected chi connectivity index (χ0v) is 10.5. The number of hydrogen-bond donors (Lipinski definition) is 2. The van der Waals surface area contributed by atoms with Gasteiger partial charge in [-0.05, 0) is 37.1 Å². The first kappa shape index (κ1) is 13.9. The highest BCUT2D eigenvalue weighted by molar-refractivity contribution is 5.55. The van der Waals surface area contributed by atoms with Crippen molar-refractivity contribution in [3.05, 3.63) is 29.6 Å². The van der Waals surface area contributed by atoms with E-state index in [0.29, 0.717) is 6.54 Å². The van der Waals surface area contributed by atoms with Crippen LogP contribution in [0, 0.1) is 5.82 Å². The lowest BCUT2D eigenvalue weighted by Gasteiger charge is -2.27. The number of benzene rings is 1. The molecule has 0 heterocycles. The third kappa shape index (κ3) is 3.68. The van der Waals surface area contributed by atoms with E-state index in [9.17, 15) is 4.39 Å². The van der Waals surface area contributed by atoms with E-state index in [0.717, 1.165) is 24.2 Å². The van der Waals surface area contributed by atoms with E-state index >= 15 is 0 Å². The number of anilines is 1. The molecule has 0 aliphatic rings. The molecule has 1 rings (SSSR count). The number of nitrogens with zero attached hydrogens (tertiary/aromatic N) is 1. The van der Waals surface area contributed by atoms with Gasteiger partial charge in [0.25, 0.3) is 0 Å². The molecule has 17 heavy (non-hydrogen) atoms. The van der Waals surface area contributed by atoms with Gasteiger partial charge in [0.15, 0.2) is 0 Å². The highest BCUT2D eigenvalue weighted by atomic mass is 19.1. The highest BCUT2D eigenvalue weighted by Crippen LogP contribution is 2.26. The van der Waals surface area contributed by atoms with Gasteiger partial charge in [-0.25, -0.2) is 4.39 Å². The molecule has 1 unspecified atom stereocenters. The van der Waals surface area contributed by atoms with Gasteiger partial charge in [0.1, 0.15) is 5.82 Å². The van der Waals surface area contributed by atoms with E-state index in [1.54, 1.807) is 6.07 Å². The lowest BCUT2D eigenvalue weighted by atomic mass is 10.1. The van der Waals surface area contributed by atoms with E-state index in [1.807, 2.05) is 11.8 Å². The molecule has 1 aromatic rings. The molecule has 0 amide bonds. The van der Waals surface area contributed by atoms with Gasteiger partial charge in [-0.2, -0.15) is 0 Å². The van der Waals surface area contributed by atoms with E-state index < -0.39 is 0 Å². The van der Waals surface area contributed by atoms with Crippen LogP contribution in [0.3, 0.4) is 0 Å². The second-order valence-electron chi connectivity index (χ2n) is 4.20. The first-order chi connectivity index (χ1) is 8.10.